The van der Waals surface area contributed by atoms with E-state index < -0.39 is 6.18 Å². The second kappa shape index (κ2) is 7.44. The predicted octanol–water partition coefficient (Wildman–Crippen LogP) is 4.08. The van der Waals surface area contributed by atoms with Crippen LogP contribution in [0.5, 0.6) is 0 Å². The molecule has 0 N–H and O–H groups in total. The molecule has 23 heavy (non-hydrogen) atoms. The maximum Gasteiger partial charge on any atom is 0.409 e. The van der Waals surface area contributed by atoms with Crippen LogP contribution in [0.4, 0.5) is 22.0 Å². The summed E-state index contributed by atoms with van der Waals surface area (Å²) in [4.78, 5) is 0. The highest BCUT2D eigenvalue weighted by Crippen LogP contribution is 2.16. The van der Waals surface area contributed by atoms with Crippen LogP contribution in [0.2, 0.25) is 6.32 Å². The third-order valence-electron chi connectivity index (χ3n) is 3.47. The molecule has 0 amide bonds. The van der Waals surface area contributed by atoms with Gasteiger partial charge in [0.15, 0.2) is 0 Å². The minimum Gasteiger partial charge on any atom is -0.207 e. The van der Waals surface area contributed by atoms with Crippen LogP contribution in [0.25, 0.3) is 0 Å². The highest BCUT2D eigenvalue weighted by Gasteiger charge is 2.22. The fraction of sp³-hybridized carbons (Fsp3) is 0.176. The molecule has 2 aromatic rings. The molecule has 0 aliphatic heterocycles. The number of allylic oxidation sites excluding steroid dienone is 2. The van der Waals surface area contributed by atoms with Crippen LogP contribution < -0.4 is 10.9 Å². The molecule has 0 saturated heterocycles. The normalized spacial score (nSPS) is 11.9. The van der Waals surface area contributed by atoms with Gasteiger partial charge in [0.2, 0.25) is 6.71 Å². The molecule has 0 radical (unpaired) electrons. The SMILES string of the molecule is Fc1ccc(B(CCC=CC(F)(F)F)c2ccc(F)cc2)cc1. The van der Waals surface area contributed by atoms with Crippen LogP contribution >= 0.6 is 0 Å². The van der Waals surface area contributed by atoms with Gasteiger partial charge in [-0.25, -0.2) is 8.78 Å². The largest absolute Gasteiger partial charge is 0.409 e. The van der Waals surface area contributed by atoms with E-state index in [9.17, 15) is 22.0 Å². The molecule has 0 spiro atoms. The second-order valence-electron chi connectivity index (χ2n) is 5.18. The molecule has 120 valence electrons. The van der Waals surface area contributed by atoms with Gasteiger partial charge in [0, 0.05) is 6.08 Å². The van der Waals surface area contributed by atoms with Gasteiger partial charge in [-0.05, 0) is 30.7 Å². The lowest BCUT2D eigenvalue weighted by molar-refractivity contribution is -0.0800. The van der Waals surface area contributed by atoms with E-state index in [-0.39, 0.29) is 30.8 Å². The highest BCUT2D eigenvalue weighted by atomic mass is 19.4. The lowest BCUT2D eigenvalue weighted by atomic mass is 9.38. The molecule has 0 saturated carbocycles. The van der Waals surface area contributed by atoms with E-state index in [2.05, 4.69) is 0 Å². The number of benzene rings is 2. The van der Waals surface area contributed by atoms with Crippen molar-refractivity contribution in [1.82, 2.24) is 0 Å². The lowest BCUT2D eigenvalue weighted by Crippen LogP contribution is -2.41. The van der Waals surface area contributed by atoms with Crippen LogP contribution in [0, 0.1) is 11.6 Å². The van der Waals surface area contributed by atoms with Gasteiger partial charge < -0.3 is 0 Å². The van der Waals surface area contributed by atoms with Crippen LogP contribution in [0.3, 0.4) is 0 Å². The number of hydrogen-bond donors (Lipinski definition) is 0. The number of halogens is 5. The van der Waals surface area contributed by atoms with Gasteiger partial charge in [-0.3, -0.25) is 0 Å². The molecule has 0 aliphatic carbocycles. The van der Waals surface area contributed by atoms with Crippen LogP contribution in [-0.4, -0.2) is 12.9 Å². The topological polar surface area (TPSA) is 0 Å². The molecular weight excluding hydrogens is 310 g/mol. The van der Waals surface area contributed by atoms with Gasteiger partial charge in [0.25, 0.3) is 0 Å². The predicted molar refractivity (Wildman–Crippen MR) is 82.4 cm³/mol. The average Bonchev–Trinajstić information content (AvgIpc) is 2.49. The van der Waals surface area contributed by atoms with E-state index in [1.807, 2.05) is 0 Å². The Morgan fingerprint density at radius 3 is 1.61 bits per heavy atom. The van der Waals surface area contributed by atoms with Gasteiger partial charge in [0.1, 0.15) is 11.6 Å². The Hall–Kier alpha value is -2.11. The summed E-state index contributed by atoms with van der Waals surface area (Å²) in [7, 11) is 0. The maximum atomic E-state index is 13.1. The molecular formula is C17H14BF5. The summed E-state index contributed by atoms with van der Waals surface area (Å²) in [5.41, 5.74) is 1.55. The minimum absolute atomic E-state index is 0.207. The fourth-order valence-corrected chi connectivity index (χ4v) is 2.40. The Morgan fingerprint density at radius 1 is 0.783 bits per heavy atom. The smallest absolute Gasteiger partial charge is 0.207 e. The Bertz CT molecular complexity index is 599. The minimum atomic E-state index is -4.33. The molecule has 2 aromatic carbocycles. The van der Waals surface area contributed by atoms with Crippen molar-refractivity contribution < 1.29 is 22.0 Å². The van der Waals surface area contributed by atoms with Gasteiger partial charge >= 0.3 is 6.18 Å². The first-order valence-electron chi connectivity index (χ1n) is 7.10. The zero-order valence-corrected chi connectivity index (χ0v) is 12.2. The Labute approximate surface area is 131 Å². The third-order valence-corrected chi connectivity index (χ3v) is 3.47. The summed E-state index contributed by atoms with van der Waals surface area (Å²) in [6.07, 6.45) is -2.44. The third kappa shape index (κ3) is 5.55. The van der Waals surface area contributed by atoms with Crippen LogP contribution in [0.15, 0.2) is 60.7 Å². The molecule has 0 nitrogen and oxygen atoms in total. The fourth-order valence-electron chi connectivity index (χ4n) is 2.40. The monoisotopic (exact) mass is 324 g/mol. The first kappa shape index (κ1) is 17.3. The van der Waals surface area contributed by atoms with E-state index in [0.29, 0.717) is 6.32 Å². The van der Waals surface area contributed by atoms with Crippen molar-refractivity contribution in [3.8, 4) is 0 Å². The average molecular weight is 324 g/mol. The first-order valence-corrected chi connectivity index (χ1v) is 7.10. The van der Waals surface area contributed by atoms with Crippen molar-refractivity contribution in [2.75, 3.05) is 0 Å². The quantitative estimate of drug-likeness (QED) is 0.442. The zero-order chi connectivity index (χ0) is 16.9. The maximum absolute atomic E-state index is 13.1. The van der Waals surface area contributed by atoms with Gasteiger partial charge in [-0.1, -0.05) is 47.6 Å². The Balaban J connectivity index is 2.19. The summed E-state index contributed by atoms with van der Waals surface area (Å²) >= 11 is 0. The standard InChI is InChI=1S/C17H14BF5/c19-15-7-3-13(4-8-15)18(12-2-1-11-17(21,22)23)14-5-9-16(20)10-6-14/h1,3-11H,2,12H2. The van der Waals surface area contributed by atoms with Gasteiger partial charge in [0.05, 0.1) is 0 Å². The molecule has 0 bridgehead atoms. The summed E-state index contributed by atoms with van der Waals surface area (Å²) < 4.78 is 62.5. The molecule has 6 heteroatoms. The zero-order valence-electron chi connectivity index (χ0n) is 12.2. The van der Waals surface area contributed by atoms with E-state index >= 15 is 0 Å². The van der Waals surface area contributed by atoms with Gasteiger partial charge in [-0.2, -0.15) is 13.2 Å². The number of rotatable bonds is 5. The van der Waals surface area contributed by atoms with Crippen molar-refractivity contribution in [3.63, 3.8) is 0 Å². The molecule has 0 heterocycles. The van der Waals surface area contributed by atoms with Crippen LogP contribution in [0.1, 0.15) is 6.42 Å². The molecule has 0 aromatic heterocycles. The van der Waals surface area contributed by atoms with Crippen molar-refractivity contribution in [2.45, 2.75) is 18.9 Å². The number of alkyl halides is 3. The highest BCUT2D eigenvalue weighted by molar-refractivity contribution is 6.85. The second-order valence-corrected chi connectivity index (χ2v) is 5.18. The Morgan fingerprint density at radius 2 is 1.22 bits per heavy atom. The number of hydrogen-bond acceptors (Lipinski definition) is 0. The summed E-state index contributed by atoms with van der Waals surface area (Å²) in [5.74, 6) is -0.771. The van der Waals surface area contributed by atoms with Crippen molar-refractivity contribution in [1.29, 1.82) is 0 Å². The van der Waals surface area contributed by atoms with E-state index in [1.54, 1.807) is 24.3 Å². The van der Waals surface area contributed by atoms with Crippen LogP contribution in [-0.2, 0) is 0 Å². The van der Waals surface area contributed by atoms with E-state index in [0.717, 1.165) is 17.0 Å². The first-order chi connectivity index (χ1) is 10.8. The van der Waals surface area contributed by atoms with Crippen molar-refractivity contribution >= 4 is 17.6 Å². The summed E-state index contributed by atoms with van der Waals surface area (Å²) in [5, 5.41) is 0. The lowest BCUT2D eigenvalue weighted by Gasteiger charge is -2.14. The molecule has 0 fully saturated rings. The van der Waals surface area contributed by atoms with Gasteiger partial charge in [-0.15, -0.1) is 0 Å². The molecule has 2 rings (SSSR count). The molecule has 0 unspecified atom stereocenters. The van der Waals surface area contributed by atoms with Crippen molar-refractivity contribution in [3.05, 3.63) is 72.3 Å². The van der Waals surface area contributed by atoms with Crippen molar-refractivity contribution in [2.24, 2.45) is 0 Å². The summed E-state index contributed by atoms with van der Waals surface area (Å²) in [6.45, 7) is -0.228. The summed E-state index contributed by atoms with van der Waals surface area (Å²) in [6, 6.07) is 11.6. The molecule has 0 aliphatic rings. The Kier molecular flexibility index (Phi) is 5.58. The van der Waals surface area contributed by atoms with E-state index in [4.69, 9.17) is 0 Å². The molecule has 0 atom stereocenters. The van der Waals surface area contributed by atoms with E-state index in [1.165, 1.54) is 24.3 Å².